The van der Waals surface area contributed by atoms with E-state index < -0.39 is 5.97 Å². The highest BCUT2D eigenvalue weighted by atomic mass is 16.5. The number of rotatable bonds is 3. The molecule has 0 aromatic heterocycles. The van der Waals surface area contributed by atoms with E-state index in [0.717, 1.165) is 0 Å². The number of hydrogen-bond donors (Lipinski definition) is 0. The van der Waals surface area contributed by atoms with Crippen LogP contribution in [0.2, 0.25) is 0 Å². The molecule has 2 unspecified atom stereocenters. The lowest BCUT2D eigenvalue weighted by Gasteiger charge is -2.13. The molecule has 1 aliphatic heterocycles. The fraction of sp³-hybridized carbons (Fsp3) is 0.600. The summed E-state index contributed by atoms with van der Waals surface area (Å²) in [6, 6.07) is 0. The number of esters is 2. The Hall–Kier alpha value is -1.32. The van der Waals surface area contributed by atoms with Gasteiger partial charge in [0.2, 0.25) is 0 Å². The van der Waals surface area contributed by atoms with Crippen molar-refractivity contribution < 1.29 is 19.1 Å². The summed E-state index contributed by atoms with van der Waals surface area (Å²) >= 11 is 0. The minimum Gasteiger partial charge on any atom is -0.466 e. The van der Waals surface area contributed by atoms with E-state index in [1.807, 2.05) is 6.92 Å². The molecule has 1 saturated heterocycles. The van der Waals surface area contributed by atoms with Gasteiger partial charge in [-0.05, 0) is 6.42 Å². The maximum absolute atomic E-state index is 11.2. The molecule has 0 aromatic rings. The summed E-state index contributed by atoms with van der Waals surface area (Å²) in [4.78, 5) is 22.4. The standard InChI is InChI=1S/C10H14O4/c1-4-7-8(5-14-10(7)12)6(2)9(11)13-3/h7-8H,2,4-5H2,1,3H3. The molecule has 4 nitrogen and oxygen atoms in total. The summed E-state index contributed by atoms with van der Waals surface area (Å²) in [6.45, 7) is 5.76. The Bertz CT molecular complexity index is 269. The highest BCUT2D eigenvalue weighted by molar-refractivity contribution is 5.90. The van der Waals surface area contributed by atoms with Crippen LogP contribution in [-0.4, -0.2) is 25.7 Å². The van der Waals surface area contributed by atoms with Crippen molar-refractivity contribution in [1.82, 2.24) is 0 Å². The summed E-state index contributed by atoms with van der Waals surface area (Å²) in [6.07, 6.45) is 0.652. The SMILES string of the molecule is C=C(C(=O)OC)C1COC(=O)C1CC. The molecule has 2 atom stereocenters. The number of methoxy groups -OCH3 is 1. The van der Waals surface area contributed by atoms with E-state index in [9.17, 15) is 9.59 Å². The lowest BCUT2D eigenvalue weighted by molar-refractivity contribution is -0.141. The zero-order valence-electron chi connectivity index (χ0n) is 8.41. The third-order valence-corrected chi connectivity index (χ3v) is 2.53. The van der Waals surface area contributed by atoms with Crippen LogP contribution in [0.3, 0.4) is 0 Å². The van der Waals surface area contributed by atoms with Crippen LogP contribution >= 0.6 is 0 Å². The van der Waals surface area contributed by atoms with Crippen molar-refractivity contribution in [2.75, 3.05) is 13.7 Å². The molecule has 4 heteroatoms. The molecule has 0 radical (unpaired) electrons. The first kappa shape index (κ1) is 10.8. The van der Waals surface area contributed by atoms with Gasteiger partial charge in [0.15, 0.2) is 0 Å². The first-order chi connectivity index (χ1) is 6.61. The number of cyclic esters (lactones) is 1. The predicted octanol–water partition coefficient (Wildman–Crippen LogP) is 0.915. The van der Waals surface area contributed by atoms with E-state index in [1.165, 1.54) is 7.11 Å². The van der Waals surface area contributed by atoms with Gasteiger partial charge in [-0.1, -0.05) is 13.5 Å². The zero-order valence-corrected chi connectivity index (χ0v) is 8.41. The number of hydrogen-bond acceptors (Lipinski definition) is 4. The van der Waals surface area contributed by atoms with Gasteiger partial charge in [0.05, 0.1) is 19.6 Å². The Morgan fingerprint density at radius 3 is 2.86 bits per heavy atom. The molecule has 1 rings (SSSR count). The van der Waals surface area contributed by atoms with Crippen LogP contribution in [0.5, 0.6) is 0 Å². The second-order valence-corrected chi connectivity index (χ2v) is 3.27. The van der Waals surface area contributed by atoms with Gasteiger partial charge in [-0.15, -0.1) is 0 Å². The van der Waals surface area contributed by atoms with Crippen LogP contribution in [0.4, 0.5) is 0 Å². The van der Waals surface area contributed by atoms with Crippen LogP contribution in [-0.2, 0) is 19.1 Å². The van der Waals surface area contributed by atoms with E-state index in [4.69, 9.17) is 4.74 Å². The smallest absolute Gasteiger partial charge is 0.333 e. The fourth-order valence-electron chi connectivity index (χ4n) is 1.64. The number of carbonyl (C=O) groups is 2. The molecule has 78 valence electrons. The molecule has 0 aliphatic carbocycles. The summed E-state index contributed by atoms with van der Waals surface area (Å²) in [5.41, 5.74) is 0.324. The highest BCUT2D eigenvalue weighted by Crippen LogP contribution is 2.30. The normalized spacial score (nSPS) is 25.7. The van der Waals surface area contributed by atoms with Gasteiger partial charge in [0.25, 0.3) is 0 Å². The maximum atomic E-state index is 11.2. The molecule has 1 aliphatic rings. The summed E-state index contributed by atoms with van der Waals surface area (Å²) < 4.78 is 9.42. The molecule has 1 heterocycles. The van der Waals surface area contributed by atoms with E-state index in [-0.39, 0.29) is 24.4 Å². The molecule has 0 N–H and O–H groups in total. The largest absolute Gasteiger partial charge is 0.466 e. The van der Waals surface area contributed by atoms with Crippen molar-refractivity contribution >= 4 is 11.9 Å². The van der Waals surface area contributed by atoms with Crippen molar-refractivity contribution in [1.29, 1.82) is 0 Å². The lowest BCUT2D eigenvalue weighted by atomic mass is 9.87. The van der Waals surface area contributed by atoms with Crippen LogP contribution in [0, 0.1) is 11.8 Å². The molecular formula is C10H14O4. The van der Waals surface area contributed by atoms with Gasteiger partial charge < -0.3 is 9.47 Å². The lowest BCUT2D eigenvalue weighted by Crippen LogP contribution is -2.21. The van der Waals surface area contributed by atoms with E-state index in [0.29, 0.717) is 12.0 Å². The van der Waals surface area contributed by atoms with Crippen molar-refractivity contribution in [2.45, 2.75) is 13.3 Å². The predicted molar refractivity (Wildman–Crippen MR) is 49.4 cm³/mol. The van der Waals surface area contributed by atoms with Crippen molar-refractivity contribution in [2.24, 2.45) is 11.8 Å². The van der Waals surface area contributed by atoms with Crippen LogP contribution < -0.4 is 0 Å². The number of carbonyl (C=O) groups excluding carboxylic acids is 2. The van der Waals surface area contributed by atoms with Crippen LogP contribution in [0.1, 0.15) is 13.3 Å². The van der Waals surface area contributed by atoms with Crippen LogP contribution in [0.15, 0.2) is 12.2 Å². The molecule has 0 amide bonds. The second-order valence-electron chi connectivity index (χ2n) is 3.27. The van der Waals surface area contributed by atoms with Crippen molar-refractivity contribution in [3.8, 4) is 0 Å². The highest BCUT2D eigenvalue weighted by Gasteiger charge is 2.39. The molecular weight excluding hydrogens is 184 g/mol. The minimum absolute atomic E-state index is 0.222. The Morgan fingerprint density at radius 1 is 1.71 bits per heavy atom. The third-order valence-electron chi connectivity index (χ3n) is 2.53. The van der Waals surface area contributed by atoms with Gasteiger partial charge >= 0.3 is 11.9 Å². The Balaban J connectivity index is 2.73. The quantitative estimate of drug-likeness (QED) is 0.499. The van der Waals surface area contributed by atoms with Crippen LogP contribution in [0.25, 0.3) is 0 Å². The summed E-state index contributed by atoms with van der Waals surface area (Å²) in [5, 5.41) is 0. The van der Waals surface area contributed by atoms with Gasteiger partial charge in [-0.25, -0.2) is 4.79 Å². The van der Waals surface area contributed by atoms with E-state index >= 15 is 0 Å². The zero-order chi connectivity index (χ0) is 10.7. The van der Waals surface area contributed by atoms with Gasteiger partial charge in [0, 0.05) is 11.5 Å². The van der Waals surface area contributed by atoms with Gasteiger partial charge in [0.1, 0.15) is 0 Å². The molecule has 0 aromatic carbocycles. The minimum atomic E-state index is -0.466. The molecule has 0 bridgehead atoms. The first-order valence-electron chi connectivity index (χ1n) is 4.55. The topological polar surface area (TPSA) is 52.6 Å². The average molecular weight is 198 g/mol. The fourth-order valence-corrected chi connectivity index (χ4v) is 1.64. The average Bonchev–Trinajstić information content (AvgIpc) is 2.57. The molecule has 14 heavy (non-hydrogen) atoms. The maximum Gasteiger partial charge on any atom is 0.333 e. The number of ether oxygens (including phenoxy) is 2. The van der Waals surface area contributed by atoms with Gasteiger partial charge in [-0.2, -0.15) is 0 Å². The first-order valence-corrected chi connectivity index (χ1v) is 4.55. The van der Waals surface area contributed by atoms with Crippen molar-refractivity contribution in [3.05, 3.63) is 12.2 Å². The Labute approximate surface area is 82.9 Å². The van der Waals surface area contributed by atoms with Gasteiger partial charge in [-0.3, -0.25) is 4.79 Å². The second kappa shape index (κ2) is 4.26. The molecule has 0 saturated carbocycles. The Kier molecular flexibility index (Phi) is 3.28. The van der Waals surface area contributed by atoms with E-state index in [2.05, 4.69) is 11.3 Å². The molecule has 1 fully saturated rings. The Morgan fingerprint density at radius 2 is 2.36 bits per heavy atom. The monoisotopic (exact) mass is 198 g/mol. The third kappa shape index (κ3) is 1.78. The van der Waals surface area contributed by atoms with E-state index in [1.54, 1.807) is 0 Å². The summed E-state index contributed by atoms with van der Waals surface area (Å²) in [7, 11) is 1.30. The molecule has 0 spiro atoms. The van der Waals surface area contributed by atoms with Crippen molar-refractivity contribution in [3.63, 3.8) is 0 Å². The summed E-state index contributed by atoms with van der Waals surface area (Å²) in [5.74, 6) is -1.18.